The van der Waals surface area contributed by atoms with Gasteiger partial charge >= 0.3 is 0 Å². The third kappa shape index (κ3) is 2.55. The summed E-state index contributed by atoms with van der Waals surface area (Å²) in [5, 5.41) is 9.06. The number of hydrogen-bond donors (Lipinski definition) is 0. The van der Waals surface area contributed by atoms with Crippen molar-refractivity contribution in [2.45, 2.75) is 13.1 Å². The topological polar surface area (TPSA) is 57.7 Å². The van der Waals surface area contributed by atoms with Crippen LogP contribution in [0.4, 0.5) is 5.69 Å². The molecule has 5 nitrogen and oxygen atoms in total. The van der Waals surface area contributed by atoms with Crippen molar-refractivity contribution in [3.63, 3.8) is 0 Å². The van der Waals surface area contributed by atoms with Gasteiger partial charge in [0.2, 0.25) is 0 Å². The lowest BCUT2D eigenvalue weighted by Gasteiger charge is -2.29. The van der Waals surface area contributed by atoms with Crippen LogP contribution in [0.3, 0.4) is 0 Å². The van der Waals surface area contributed by atoms with Crippen molar-refractivity contribution in [1.82, 2.24) is 14.5 Å². The molecule has 1 aromatic carbocycles. The zero-order valence-electron chi connectivity index (χ0n) is 12.6. The van der Waals surface area contributed by atoms with Gasteiger partial charge in [-0.05, 0) is 30.3 Å². The summed E-state index contributed by atoms with van der Waals surface area (Å²) in [4.78, 5) is 11.4. The molecule has 4 rings (SSSR count). The first-order chi connectivity index (χ1) is 11.3. The smallest absolute Gasteiger partial charge is 0.129 e. The Morgan fingerprint density at radius 3 is 2.83 bits per heavy atom. The molecule has 0 N–H and O–H groups in total. The SMILES string of the molecule is N#Cc1cccc(N2CCn3cc(-c4ccccn4)nc3C2)c1. The van der Waals surface area contributed by atoms with Gasteiger partial charge in [-0.3, -0.25) is 4.98 Å². The van der Waals surface area contributed by atoms with E-state index in [0.717, 1.165) is 42.5 Å². The van der Waals surface area contributed by atoms with E-state index in [4.69, 9.17) is 10.2 Å². The minimum absolute atomic E-state index is 0.686. The molecular weight excluding hydrogens is 286 g/mol. The summed E-state index contributed by atoms with van der Waals surface area (Å²) in [5.74, 6) is 1.03. The zero-order chi connectivity index (χ0) is 15.6. The molecule has 2 aromatic heterocycles. The maximum absolute atomic E-state index is 9.06. The maximum atomic E-state index is 9.06. The molecule has 5 heteroatoms. The van der Waals surface area contributed by atoms with Crippen molar-refractivity contribution < 1.29 is 0 Å². The average molecular weight is 301 g/mol. The Balaban J connectivity index is 1.62. The van der Waals surface area contributed by atoms with Gasteiger partial charge in [-0.1, -0.05) is 12.1 Å². The van der Waals surface area contributed by atoms with Crippen molar-refractivity contribution in [2.24, 2.45) is 0 Å². The number of nitriles is 1. The van der Waals surface area contributed by atoms with E-state index >= 15 is 0 Å². The van der Waals surface area contributed by atoms with Gasteiger partial charge in [-0.25, -0.2) is 4.98 Å². The van der Waals surface area contributed by atoms with E-state index in [1.165, 1.54) is 0 Å². The minimum atomic E-state index is 0.686. The molecule has 0 fully saturated rings. The van der Waals surface area contributed by atoms with Crippen LogP contribution in [-0.2, 0) is 13.1 Å². The first-order valence-electron chi connectivity index (χ1n) is 7.56. The highest BCUT2D eigenvalue weighted by atomic mass is 15.2. The Hall–Kier alpha value is -3.13. The molecule has 0 amide bonds. The summed E-state index contributed by atoms with van der Waals surface area (Å²) in [6.45, 7) is 2.52. The Kier molecular flexibility index (Phi) is 3.28. The predicted molar refractivity (Wildman–Crippen MR) is 87.7 cm³/mol. The number of pyridine rings is 1. The van der Waals surface area contributed by atoms with E-state index in [1.54, 1.807) is 6.20 Å². The highest BCUT2D eigenvalue weighted by Crippen LogP contribution is 2.24. The molecule has 0 atom stereocenters. The van der Waals surface area contributed by atoms with Crippen molar-refractivity contribution in [3.8, 4) is 17.5 Å². The second-order valence-electron chi connectivity index (χ2n) is 5.53. The van der Waals surface area contributed by atoms with Crippen LogP contribution in [0.2, 0.25) is 0 Å². The average Bonchev–Trinajstić information content (AvgIpc) is 3.06. The predicted octanol–water partition coefficient (Wildman–Crippen LogP) is 2.84. The number of anilines is 1. The second-order valence-corrected chi connectivity index (χ2v) is 5.53. The van der Waals surface area contributed by atoms with Gasteiger partial charge in [0.1, 0.15) is 11.5 Å². The molecule has 0 spiro atoms. The molecule has 3 heterocycles. The van der Waals surface area contributed by atoms with Gasteiger partial charge in [0.25, 0.3) is 0 Å². The number of hydrogen-bond acceptors (Lipinski definition) is 4. The van der Waals surface area contributed by atoms with Gasteiger partial charge in [-0.2, -0.15) is 5.26 Å². The van der Waals surface area contributed by atoms with Crippen LogP contribution >= 0.6 is 0 Å². The lowest BCUT2D eigenvalue weighted by atomic mass is 10.2. The van der Waals surface area contributed by atoms with Crippen molar-refractivity contribution in [1.29, 1.82) is 5.26 Å². The Morgan fingerprint density at radius 1 is 1.04 bits per heavy atom. The van der Waals surface area contributed by atoms with Crippen LogP contribution in [0.1, 0.15) is 11.4 Å². The lowest BCUT2D eigenvalue weighted by molar-refractivity contribution is 0.560. The highest BCUT2D eigenvalue weighted by molar-refractivity contribution is 5.55. The largest absolute Gasteiger partial charge is 0.362 e. The minimum Gasteiger partial charge on any atom is -0.362 e. The van der Waals surface area contributed by atoms with Crippen molar-refractivity contribution in [2.75, 3.05) is 11.4 Å². The summed E-state index contributed by atoms with van der Waals surface area (Å²) in [6.07, 6.45) is 3.86. The molecular formula is C18H15N5. The molecule has 0 radical (unpaired) electrons. The molecule has 0 saturated heterocycles. The van der Waals surface area contributed by atoms with E-state index in [1.807, 2.05) is 42.5 Å². The molecule has 0 aliphatic carbocycles. The first kappa shape index (κ1) is 13.5. The van der Waals surface area contributed by atoms with E-state index < -0.39 is 0 Å². The van der Waals surface area contributed by atoms with E-state index in [9.17, 15) is 0 Å². The maximum Gasteiger partial charge on any atom is 0.129 e. The lowest BCUT2D eigenvalue weighted by Crippen LogP contribution is -2.33. The fourth-order valence-electron chi connectivity index (χ4n) is 2.88. The number of rotatable bonds is 2. The molecule has 112 valence electrons. The molecule has 1 aliphatic rings. The summed E-state index contributed by atoms with van der Waals surface area (Å²) < 4.78 is 2.19. The van der Waals surface area contributed by atoms with Crippen LogP contribution in [0.5, 0.6) is 0 Å². The van der Waals surface area contributed by atoms with Crippen LogP contribution in [0.15, 0.2) is 54.9 Å². The number of nitrogens with zero attached hydrogens (tertiary/aromatic N) is 5. The zero-order valence-corrected chi connectivity index (χ0v) is 12.6. The summed E-state index contributed by atoms with van der Waals surface area (Å²) in [7, 11) is 0. The molecule has 3 aromatic rings. The van der Waals surface area contributed by atoms with Gasteiger partial charge in [0, 0.05) is 31.2 Å². The Labute approximate surface area is 134 Å². The highest BCUT2D eigenvalue weighted by Gasteiger charge is 2.19. The van der Waals surface area contributed by atoms with Gasteiger partial charge in [-0.15, -0.1) is 0 Å². The molecule has 0 unspecified atom stereocenters. The third-order valence-electron chi connectivity index (χ3n) is 4.07. The van der Waals surface area contributed by atoms with Crippen LogP contribution in [0, 0.1) is 11.3 Å². The number of imidazole rings is 1. The Bertz CT molecular complexity index is 876. The van der Waals surface area contributed by atoms with Gasteiger partial charge in [0.15, 0.2) is 0 Å². The summed E-state index contributed by atoms with van der Waals surface area (Å²) >= 11 is 0. The van der Waals surface area contributed by atoms with Gasteiger partial charge < -0.3 is 9.47 Å². The van der Waals surface area contributed by atoms with Crippen molar-refractivity contribution in [3.05, 3.63) is 66.2 Å². The monoisotopic (exact) mass is 301 g/mol. The van der Waals surface area contributed by atoms with Gasteiger partial charge in [0.05, 0.1) is 23.9 Å². The first-order valence-corrected chi connectivity index (χ1v) is 7.56. The Morgan fingerprint density at radius 2 is 2.00 bits per heavy atom. The fourth-order valence-corrected chi connectivity index (χ4v) is 2.88. The van der Waals surface area contributed by atoms with E-state index in [2.05, 4.69) is 26.7 Å². The standard InChI is InChI=1S/C18H15N5/c19-11-14-4-3-5-15(10-14)22-8-9-23-12-17(21-18(23)13-22)16-6-1-2-7-20-16/h1-7,10,12H,8-9,13H2. The second kappa shape index (κ2) is 5.58. The third-order valence-corrected chi connectivity index (χ3v) is 4.07. The summed E-state index contributed by atoms with van der Waals surface area (Å²) in [6, 6.07) is 15.8. The van der Waals surface area contributed by atoms with Crippen LogP contribution < -0.4 is 4.90 Å². The van der Waals surface area contributed by atoms with Crippen molar-refractivity contribution >= 4 is 5.69 Å². The van der Waals surface area contributed by atoms with Crippen LogP contribution in [0.25, 0.3) is 11.4 Å². The molecule has 23 heavy (non-hydrogen) atoms. The normalized spacial score (nSPS) is 13.4. The van der Waals surface area contributed by atoms with E-state index in [-0.39, 0.29) is 0 Å². The number of aromatic nitrogens is 3. The molecule has 0 bridgehead atoms. The molecule has 1 aliphatic heterocycles. The number of fused-ring (bicyclic) bond motifs is 1. The van der Waals surface area contributed by atoms with E-state index in [0.29, 0.717) is 5.56 Å². The van der Waals surface area contributed by atoms with Crippen LogP contribution in [-0.4, -0.2) is 21.1 Å². The molecule has 0 saturated carbocycles. The quantitative estimate of drug-likeness (QED) is 0.730. The summed E-state index contributed by atoms with van der Waals surface area (Å²) in [5.41, 5.74) is 3.56. The fraction of sp³-hybridized carbons (Fsp3) is 0.167. The number of benzene rings is 1.